The van der Waals surface area contributed by atoms with E-state index in [1.807, 2.05) is 31.2 Å². The molecular formula is C23H23N3O3S. The number of aryl methyl sites for hydroxylation is 1. The molecule has 2 aromatic carbocycles. The smallest absolute Gasteiger partial charge is 0.238 e. The number of nitrogens with two attached hydrogens (primary N) is 1. The van der Waals surface area contributed by atoms with Gasteiger partial charge in [-0.2, -0.15) is 5.26 Å². The summed E-state index contributed by atoms with van der Waals surface area (Å²) in [5.41, 5.74) is 4.40. The van der Waals surface area contributed by atoms with E-state index in [2.05, 4.69) is 18.0 Å². The summed E-state index contributed by atoms with van der Waals surface area (Å²) in [5, 5.41) is 14.8. The fraction of sp³-hybridized carbons (Fsp3) is 0.217. The standard InChI is InChI=1S/C23H23N3O3S/c1-3-4-13-29-23-19(15-24)14-21(17-9-11-20(12-10-17)30(25,27)28)22(26-23)18-7-5-16(2)6-8-18/h5-12,14H,3-4,13H2,1-2H3,(H2,25,27,28). The molecule has 1 aromatic heterocycles. The summed E-state index contributed by atoms with van der Waals surface area (Å²) in [4.78, 5) is 4.70. The van der Waals surface area contributed by atoms with Gasteiger partial charge in [0.05, 0.1) is 17.2 Å². The molecule has 0 spiro atoms. The molecule has 0 radical (unpaired) electrons. The van der Waals surface area contributed by atoms with E-state index in [1.165, 1.54) is 12.1 Å². The van der Waals surface area contributed by atoms with Gasteiger partial charge in [-0.1, -0.05) is 55.3 Å². The first-order valence-electron chi connectivity index (χ1n) is 9.61. The van der Waals surface area contributed by atoms with E-state index in [1.54, 1.807) is 18.2 Å². The number of sulfonamides is 1. The average Bonchev–Trinajstić information content (AvgIpc) is 2.73. The molecule has 1 heterocycles. The van der Waals surface area contributed by atoms with Crippen molar-refractivity contribution in [1.82, 2.24) is 4.98 Å². The molecule has 154 valence electrons. The van der Waals surface area contributed by atoms with Crippen LogP contribution in [0.4, 0.5) is 0 Å². The van der Waals surface area contributed by atoms with E-state index in [4.69, 9.17) is 9.88 Å². The van der Waals surface area contributed by atoms with E-state index < -0.39 is 10.0 Å². The van der Waals surface area contributed by atoms with Gasteiger partial charge in [-0.15, -0.1) is 0 Å². The molecule has 0 aliphatic rings. The lowest BCUT2D eigenvalue weighted by molar-refractivity contribution is 0.297. The predicted molar refractivity (Wildman–Crippen MR) is 116 cm³/mol. The number of nitriles is 1. The van der Waals surface area contributed by atoms with Crippen LogP contribution in [0, 0.1) is 18.3 Å². The third-order valence-corrected chi connectivity index (χ3v) is 5.59. The van der Waals surface area contributed by atoms with Crippen molar-refractivity contribution in [2.24, 2.45) is 5.14 Å². The van der Waals surface area contributed by atoms with E-state index in [0.29, 0.717) is 29.3 Å². The molecule has 0 fully saturated rings. The highest BCUT2D eigenvalue weighted by molar-refractivity contribution is 7.89. The molecule has 3 rings (SSSR count). The molecule has 0 aliphatic carbocycles. The number of pyridine rings is 1. The zero-order chi connectivity index (χ0) is 21.7. The Hall–Kier alpha value is -3.21. The molecule has 0 saturated carbocycles. The van der Waals surface area contributed by atoms with Crippen LogP contribution < -0.4 is 9.88 Å². The van der Waals surface area contributed by atoms with Crippen molar-refractivity contribution in [3.05, 3.63) is 65.7 Å². The van der Waals surface area contributed by atoms with Crippen molar-refractivity contribution in [2.45, 2.75) is 31.6 Å². The normalized spacial score (nSPS) is 11.1. The highest BCUT2D eigenvalue weighted by Gasteiger charge is 2.17. The van der Waals surface area contributed by atoms with E-state index >= 15 is 0 Å². The lowest BCUT2D eigenvalue weighted by Gasteiger charge is -2.14. The van der Waals surface area contributed by atoms with Crippen LogP contribution in [0.3, 0.4) is 0 Å². The van der Waals surface area contributed by atoms with Crippen molar-refractivity contribution in [3.63, 3.8) is 0 Å². The predicted octanol–water partition coefficient (Wildman–Crippen LogP) is 4.42. The van der Waals surface area contributed by atoms with Gasteiger partial charge in [0.1, 0.15) is 11.6 Å². The molecule has 6 nitrogen and oxygen atoms in total. The number of nitrogens with zero attached hydrogens (tertiary/aromatic N) is 2. The summed E-state index contributed by atoms with van der Waals surface area (Å²) in [7, 11) is -3.79. The van der Waals surface area contributed by atoms with Crippen LogP contribution in [0.5, 0.6) is 5.88 Å². The molecule has 0 unspecified atom stereocenters. The van der Waals surface area contributed by atoms with Crippen molar-refractivity contribution >= 4 is 10.0 Å². The van der Waals surface area contributed by atoms with Gasteiger partial charge in [-0.25, -0.2) is 18.5 Å². The molecule has 0 atom stereocenters. The van der Waals surface area contributed by atoms with Crippen molar-refractivity contribution in [2.75, 3.05) is 6.61 Å². The molecule has 0 aliphatic heterocycles. The maximum atomic E-state index is 11.6. The van der Waals surface area contributed by atoms with Gasteiger partial charge >= 0.3 is 0 Å². The second kappa shape index (κ2) is 9.08. The Morgan fingerprint density at radius 1 is 1.07 bits per heavy atom. The molecule has 0 bridgehead atoms. The summed E-state index contributed by atoms with van der Waals surface area (Å²) >= 11 is 0. The number of hydrogen-bond donors (Lipinski definition) is 1. The number of rotatable bonds is 7. The fourth-order valence-corrected chi connectivity index (χ4v) is 3.49. The largest absolute Gasteiger partial charge is 0.477 e. The second-order valence-corrected chi connectivity index (χ2v) is 8.55. The minimum atomic E-state index is -3.79. The van der Waals surface area contributed by atoms with Gasteiger partial charge in [0.25, 0.3) is 0 Å². The van der Waals surface area contributed by atoms with Gasteiger partial charge in [-0.3, -0.25) is 0 Å². The Labute approximate surface area is 177 Å². The second-order valence-electron chi connectivity index (χ2n) is 6.99. The summed E-state index contributed by atoms with van der Waals surface area (Å²) in [6.45, 7) is 4.55. The summed E-state index contributed by atoms with van der Waals surface area (Å²) in [5.74, 6) is 0.298. The van der Waals surface area contributed by atoms with Crippen LogP contribution in [-0.2, 0) is 10.0 Å². The van der Waals surface area contributed by atoms with Gasteiger partial charge in [0.2, 0.25) is 15.9 Å². The highest BCUT2D eigenvalue weighted by atomic mass is 32.2. The van der Waals surface area contributed by atoms with Crippen LogP contribution in [0.2, 0.25) is 0 Å². The molecule has 0 amide bonds. The zero-order valence-electron chi connectivity index (χ0n) is 16.9. The third kappa shape index (κ3) is 4.85. The minimum Gasteiger partial charge on any atom is -0.477 e. The van der Waals surface area contributed by atoms with Gasteiger partial charge in [-0.05, 0) is 37.1 Å². The van der Waals surface area contributed by atoms with Crippen LogP contribution in [-0.4, -0.2) is 20.0 Å². The van der Waals surface area contributed by atoms with E-state index in [0.717, 1.165) is 29.5 Å². The Kier molecular flexibility index (Phi) is 6.50. The number of aromatic nitrogens is 1. The van der Waals surface area contributed by atoms with Gasteiger partial charge in [0, 0.05) is 11.1 Å². The van der Waals surface area contributed by atoms with Crippen molar-refractivity contribution < 1.29 is 13.2 Å². The summed E-state index contributed by atoms with van der Waals surface area (Å²) in [6.07, 6.45) is 1.84. The highest BCUT2D eigenvalue weighted by Crippen LogP contribution is 2.35. The zero-order valence-corrected chi connectivity index (χ0v) is 17.7. The van der Waals surface area contributed by atoms with Crippen molar-refractivity contribution in [3.8, 4) is 34.3 Å². The molecule has 2 N–H and O–H groups in total. The number of unbranched alkanes of at least 4 members (excludes halogenated alkanes) is 1. The van der Waals surface area contributed by atoms with Crippen LogP contribution in [0.15, 0.2) is 59.5 Å². The first-order valence-corrected chi connectivity index (χ1v) is 11.2. The topological polar surface area (TPSA) is 106 Å². The van der Waals surface area contributed by atoms with Crippen LogP contribution >= 0.6 is 0 Å². The number of primary sulfonamides is 1. The monoisotopic (exact) mass is 421 g/mol. The van der Waals surface area contributed by atoms with E-state index in [-0.39, 0.29) is 4.90 Å². The first-order chi connectivity index (χ1) is 14.3. The third-order valence-electron chi connectivity index (χ3n) is 4.66. The van der Waals surface area contributed by atoms with Gasteiger partial charge < -0.3 is 4.74 Å². The number of hydrogen-bond acceptors (Lipinski definition) is 5. The Morgan fingerprint density at radius 2 is 1.70 bits per heavy atom. The SMILES string of the molecule is CCCCOc1nc(-c2ccc(C)cc2)c(-c2ccc(S(N)(=O)=O)cc2)cc1C#N. The van der Waals surface area contributed by atoms with Crippen molar-refractivity contribution in [1.29, 1.82) is 5.26 Å². The Morgan fingerprint density at radius 3 is 2.27 bits per heavy atom. The van der Waals surface area contributed by atoms with E-state index in [9.17, 15) is 13.7 Å². The minimum absolute atomic E-state index is 0.0242. The fourth-order valence-electron chi connectivity index (χ4n) is 2.98. The number of benzene rings is 2. The van der Waals surface area contributed by atoms with Gasteiger partial charge in [0.15, 0.2) is 0 Å². The maximum Gasteiger partial charge on any atom is 0.238 e. The van der Waals surface area contributed by atoms with Crippen LogP contribution in [0.1, 0.15) is 30.9 Å². The Bertz CT molecular complexity index is 1180. The molecule has 7 heteroatoms. The van der Waals surface area contributed by atoms with Crippen LogP contribution in [0.25, 0.3) is 22.4 Å². The molecule has 30 heavy (non-hydrogen) atoms. The summed E-state index contributed by atoms with van der Waals surface area (Å²) < 4.78 is 28.9. The molecule has 3 aromatic rings. The lowest BCUT2D eigenvalue weighted by atomic mass is 9.97. The average molecular weight is 422 g/mol. The first kappa shape index (κ1) is 21.5. The summed E-state index contributed by atoms with van der Waals surface area (Å²) in [6, 6.07) is 18.0. The quantitative estimate of drug-likeness (QED) is 0.568. The number of ether oxygens (including phenoxy) is 1. The molecular weight excluding hydrogens is 398 g/mol. The molecule has 0 saturated heterocycles. The Balaban J connectivity index is 2.17. The lowest BCUT2D eigenvalue weighted by Crippen LogP contribution is -2.11. The maximum absolute atomic E-state index is 11.6.